The van der Waals surface area contributed by atoms with Crippen molar-refractivity contribution >= 4 is 16.5 Å². The summed E-state index contributed by atoms with van der Waals surface area (Å²) < 4.78 is 5.41. The molecule has 1 atom stereocenters. The minimum absolute atomic E-state index is 0.132. The van der Waals surface area contributed by atoms with Gasteiger partial charge in [0.1, 0.15) is 10.8 Å². The Morgan fingerprint density at radius 3 is 2.79 bits per heavy atom. The summed E-state index contributed by atoms with van der Waals surface area (Å²) in [5.41, 5.74) is 2.35. The van der Waals surface area contributed by atoms with Gasteiger partial charge in [-0.1, -0.05) is 36.0 Å². The van der Waals surface area contributed by atoms with Crippen molar-refractivity contribution < 1.29 is 4.74 Å². The van der Waals surface area contributed by atoms with Crippen LogP contribution in [0, 0.1) is 6.92 Å². The second-order valence-electron chi connectivity index (χ2n) is 4.47. The minimum atomic E-state index is 0.132. The lowest BCUT2D eigenvalue weighted by Gasteiger charge is -2.17. The molecule has 4 nitrogen and oxygen atoms in total. The molecular weight excluding hydrogens is 258 g/mol. The quantitative estimate of drug-likeness (QED) is 0.907. The number of ether oxygens (including phenoxy) is 1. The van der Waals surface area contributed by atoms with Crippen LogP contribution in [0.1, 0.15) is 36.0 Å². The van der Waals surface area contributed by atoms with Crippen molar-refractivity contribution in [3.8, 4) is 5.75 Å². The summed E-state index contributed by atoms with van der Waals surface area (Å²) in [6, 6.07) is 6.32. The highest BCUT2D eigenvalue weighted by Crippen LogP contribution is 2.29. The first-order chi connectivity index (χ1) is 9.13. The average Bonchev–Trinajstić information content (AvgIpc) is 2.86. The maximum absolute atomic E-state index is 5.41. The Balaban J connectivity index is 2.19. The molecule has 0 fully saturated rings. The van der Waals surface area contributed by atoms with E-state index in [2.05, 4.69) is 48.4 Å². The third-order valence-corrected chi connectivity index (χ3v) is 3.96. The maximum Gasteiger partial charge on any atom is 0.206 e. The van der Waals surface area contributed by atoms with Crippen molar-refractivity contribution in [3.63, 3.8) is 0 Å². The molecule has 0 aliphatic rings. The molecule has 1 aromatic carbocycles. The van der Waals surface area contributed by atoms with E-state index in [9.17, 15) is 0 Å². The van der Waals surface area contributed by atoms with Crippen LogP contribution in [-0.4, -0.2) is 17.3 Å². The maximum atomic E-state index is 5.41. The van der Waals surface area contributed by atoms with Crippen molar-refractivity contribution in [2.75, 3.05) is 12.4 Å². The van der Waals surface area contributed by atoms with Crippen LogP contribution in [0.5, 0.6) is 5.75 Å². The van der Waals surface area contributed by atoms with E-state index in [0.29, 0.717) is 0 Å². The van der Waals surface area contributed by atoms with Crippen LogP contribution in [0.25, 0.3) is 0 Å². The van der Waals surface area contributed by atoms with E-state index < -0.39 is 0 Å². The number of aryl methyl sites for hydroxylation is 2. The topological polar surface area (TPSA) is 47.0 Å². The van der Waals surface area contributed by atoms with E-state index in [1.807, 2.05) is 6.07 Å². The van der Waals surface area contributed by atoms with Gasteiger partial charge in [-0.3, -0.25) is 0 Å². The molecule has 1 unspecified atom stereocenters. The predicted molar refractivity (Wildman–Crippen MR) is 79.1 cm³/mol. The number of nitrogens with zero attached hydrogens (tertiary/aromatic N) is 2. The van der Waals surface area contributed by atoms with E-state index in [1.54, 1.807) is 18.4 Å². The first-order valence-electron chi connectivity index (χ1n) is 6.37. The van der Waals surface area contributed by atoms with Crippen molar-refractivity contribution in [1.29, 1.82) is 0 Å². The monoisotopic (exact) mass is 277 g/mol. The molecule has 0 spiro atoms. The van der Waals surface area contributed by atoms with E-state index in [1.165, 1.54) is 5.56 Å². The van der Waals surface area contributed by atoms with Crippen LogP contribution in [0.2, 0.25) is 0 Å². The summed E-state index contributed by atoms with van der Waals surface area (Å²) in [5.74, 6) is 0.894. The molecule has 19 heavy (non-hydrogen) atoms. The van der Waals surface area contributed by atoms with Crippen LogP contribution < -0.4 is 10.1 Å². The van der Waals surface area contributed by atoms with Gasteiger partial charge in [0.25, 0.3) is 0 Å². The number of methoxy groups -OCH3 is 1. The number of hydrogen-bond donors (Lipinski definition) is 1. The van der Waals surface area contributed by atoms with Crippen molar-refractivity contribution in [2.45, 2.75) is 33.2 Å². The normalized spacial score (nSPS) is 12.2. The Labute approximate surface area is 117 Å². The van der Waals surface area contributed by atoms with Crippen LogP contribution in [0.15, 0.2) is 18.2 Å². The molecule has 0 saturated heterocycles. The smallest absolute Gasteiger partial charge is 0.206 e. The van der Waals surface area contributed by atoms with Gasteiger partial charge < -0.3 is 10.1 Å². The number of anilines is 1. The van der Waals surface area contributed by atoms with Gasteiger partial charge in [-0.25, -0.2) is 0 Å². The zero-order valence-electron chi connectivity index (χ0n) is 11.7. The summed E-state index contributed by atoms with van der Waals surface area (Å²) in [5, 5.41) is 13.5. The van der Waals surface area contributed by atoms with Crippen LogP contribution in [-0.2, 0) is 6.42 Å². The Morgan fingerprint density at radius 1 is 1.37 bits per heavy atom. The zero-order chi connectivity index (χ0) is 13.8. The van der Waals surface area contributed by atoms with E-state index in [0.717, 1.165) is 27.9 Å². The fourth-order valence-electron chi connectivity index (χ4n) is 1.91. The zero-order valence-corrected chi connectivity index (χ0v) is 12.5. The molecule has 2 aromatic rings. The SMILES string of the molecule is CCc1nnc(NC(C)c2cc(C)ccc2OC)s1. The predicted octanol–water partition coefficient (Wildman–Crippen LogP) is 3.59. The fourth-order valence-corrected chi connectivity index (χ4v) is 2.68. The molecule has 1 heterocycles. The molecule has 5 heteroatoms. The molecule has 0 radical (unpaired) electrons. The molecule has 1 N–H and O–H groups in total. The number of aromatic nitrogens is 2. The van der Waals surface area contributed by atoms with Crippen LogP contribution in [0.3, 0.4) is 0 Å². The van der Waals surface area contributed by atoms with E-state index in [4.69, 9.17) is 4.74 Å². The first kappa shape index (κ1) is 13.8. The summed E-state index contributed by atoms with van der Waals surface area (Å²) in [6.45, 7) is 6.26. The van der Waals surface area contributed by atoms with Gasteiger partial charge in [-0.05, 0) is 26.3 Å². The summed E-state index contributed by atoms with van der Waals surface area (Å²) in [7, 11) is 1.70. The van der Waals surface area contributed by atoms with Gasteiger partial charge in [0.15, 0.2) is 0 Å². The lowest BCUT2D eigenvalue weighted by atomic mass is 10.0. The highest BCUT2D eigenvalue weighted by atomic mass is 32.1. The summed E-state index contributed by atoms with van der Waals surface area (Å²) >= 11 is 1.60. The second-order valence-corrected chi connectivity index (χ2v) is 5.53. The largest absolute Gasteiger partial charge is 0.496 e. The third-order valence-electron chi connectivity index (χ3n) is 2.96. The van der Waals surface area contributed by atoms with Gasteiger partial charge in [-0.2, -0.15) is 0 Å². The highest BCUT2D eigenvalue weighted by Gasteiger charge is 2.13. The standard InChI is InChI=1S/C14H19N3OS/c1-5-13-16-17-14(19-13)15-10(3)11-8-9(2)6-7-12(11)18-4/h6-8,10H,5H2,1-4H3,(H,15,17). The number of hydrogen-bond acceptors (Lipinski definition) is 5. The lowest BCUT2D eigenvalue weighted by molar-refractivity contribution is 0.408. The number of nitrogens with one attached hydrogen (secondary N) is 1. The highest BCUT2D eigenvalue weighted by molar-refractivity contribution is 7.15. The van der Waals surface area contributed by atoms with Gasteiger partial charge in [0.05, 0.1) is 13.2 Å². The van der Waals surface area contributed by atoms with Crippen LogP contribution in [0.4, 0.5) is 5.13 Å². The molecule has 1 aromatic heterocycles. The Bertz CT molecular complexity index is 553. The third kappa shape index (κ3) is 3.23. The van der Waals surface area contributed by atoms with Crippen LogP contribution >= 0.6 is 11.3 Å². The average molecular weight is 277 g/mol. The Hall–Kier alpha value is -1.62. The van der Waals surface area contributed by atoms with Crippen molar-refractivity contribution in [2.24, 2.45) is 0 Å². The Morgan fingerprint density at radius 2 is 2.16 bits per heavy atom. The summed E-state index contributed by atoms with van der Waals surface area (Å²) in [4.78, 5) is 0. The van der Waals surface area contributed by atoms with Gasteiger partial charge >= 0.3 is 0 Å². The summed E-state index contributed by atoms with van der Waals surface area (Å²) in [6.07, 6.45) is 0.918. The molecule has 102 valence electrons. The van der Waals surface area contributed by atoms with Gasteiger partial charge in [0.2, 0.25) is 5.13 Å². The lowest BCUT2D eigenvalue weighted by Crippen LogP contribution is -2.08. The molecule has 0 bridgehead atoms. The molecule has 2 rings (SSSR count). The molecule has 0 saturated carbocycles. The fraction of sp³-hybridized carbons (Fsp3) is 0.429. The van der Waals surface area contributed by atoms with E-state index >= 15 is 0 Å². The first-order valence-corrected chi connectivity index (χ1v) is 7.19. The molecule has 0 aliphatic carbocycles. The van der Waals surface area contributed by atoms with Crippen molar-refractivity contribution in [3.05, 3.63) is 34.3 Å². The molecular formula is C14H19N3OS. The van der Waals surface area contributed by atoms with E-state index in [-0.39, 0.29) is 6.04 Å². The van der Waals surface area contributed by atoms with Crippen molar-refractivity contribution in [1.82, 2.24) is 10.2 Å². The number of benzene rings is 1. The number of rotatable bonds is 5. The second kappa shape index (κ2) is 6.02. The van der Waals surface area contributed by atoms with Gasteiger partial charge in [-0.15, -0.1) is 10.2 Å². The minimum Gasteiger partial charge on any atom is -0.496 e. The molecule has 0 aliphatic heterocycles. The molecule has 0 amide bonds. The van der Waals surface area contributed by atoms with Gasteiger partial charge in [0, 0.05) is 5.56 Å². The Kier molecular flexibility index (Phi) is 4.37.